The first-order valence-corrected chi connectivity index (χ1v) is 5.67. The van der Waals surface area contributed by atoms with Crippen LogP contribution in [0, 0.1) is 5.82 Å². The molecule has 9 heteroatoms. The number of alkyl halides is 3. The van der Waals surface area contributed by atoms with E-state index in [0.717, 1.165) is 24.1 Å². The minimum Gasteiger partial charge on any atom is -0.480 e. The SMILES string of the molecule is CN(C(=O)N(CC(=O)O)CC(F)(F)F)c1cccc(F)c1. The fourth-order valence-electron chi connectivity index (χ4n) is 1.58. The summed E-state index contributed by atoms with van der Waals surface area (Å²) in [6.45, 7) is -2.82. The number of carboxylic acids is 1. The second-order valence-corrected chi connectivity index (χ2v) is 4.19. The Kier molecular flexibility index (Phi) is 5.12. The summed E-state index contributed by atoms with van der Waals surface area (Å²) in [4.78, 5) is 23.4. The van der Waals surface area contributed by atoms with Crippen molar-refractivity contribution in [1.82, 2.24) is 4.90 Å². The zero-order valence-corrected chi connectivity index (χ0v) is 10.9. The van der Waals surface area contributed by atoms with E-state index in [0.29, 0.717) is 0 Å². The van der Waals surface area contributed by atoms with Crippen molar-refractivity contribution in [3.05, 3.63) is 30.1 Å². The van der Waals surface area contributed by atoms with Crippen LogP contribution in [0.5, 0.6) is 0 Å². The van der Waals surface area contributed by atoms with Gasteiger partial charge < -0.3 is 10.0 Å². The zero-order valence-electron chi connectivity index (χ0n) is 10.9. The molecule has 0 spiro atoms. The topological polar surface area (TPSA) is 60.9 Å². The van der Waals surface area contributed by atoms with Crippen LogP contribution in [0.15, 0.2) is 24.3 Å². The molecule has 0 aliphatic rings. The van der Waals surface area contributed by atoms with E-state index in [4.69, 9.17) is 5.11 Å². The van der Waals surface area contributed by atoms with E-state index >= 15 is 0 Å². The summed E-state index contributed by atoms with van der Waals surface area (Å²) >= 11 is 0. The predicted molar refractivity (Wildman–Crippen MR) is 65.5 cm³/mol. The Morgan fingerprint density at radius 3 is 2.38 bits per heavy atom. The lowest BCUT2D eigenvalue weighted by Crippen LogP contribution is -2.47. The molecule has 0 bridgehead atoms. The number of hydrogen-bond donors (Lipinski definition) is 1. The Balaban J connectivity index is 2.96. The third-order valence-corrected chi connectivity index (χ3v) is 2.45. The maximum absolute atomic E-state index is 13.0. The van der Waals surface area contributed by atoms with Gasteiger partial charge in [-0.2, -0.15) is 13.2 Å². The molecule has 2 amide bonds. The van der Waals surface area contributed by atoms with Crippen LogP contribution in [0.4, 0.5) is 28.0 Å². The number of hydrogen-bond acceptors (Lipinski definition) is 2. The van der Waals surface area contributed by atoms with Gasteiger partial charge in [0.15, 0.2) is 0 Å². The molecule has 0 unspecified atom stereocenters. The molecule has 0 saturated heterocycles. The van der Waals surface area contributed by atoms with Crippen molar-refractivity contribution in [3.63, 3.8) is 0 Å². The first-order valence-electron chi connectivity index (χ1n) is 5.67. The highest BCUT2D eigenvalue weighted by Gasteiger charge is 2.35. The van der Waals surface area contributed by atoms with Crippen LogP contribution in [0.3, 0.4) is 0 Å². The van der Waals surface area contributed by atoms with Crippen molar-refractivity contribution in [2.24, 2.45) is 0 Å². The van der Waals surface area contributed by atoms with Gasteiger partial charge in [0.1, 0.15) is 18.9 Å². The smallest absolute Gasteiger partial charge is 0.406 e. The van der Waals surface area contributed by atoms with Gasteiger partial charge in [-0.05, 0) is 18.2 Å². The number of amides is 2. The summed E-state index contributed by atoms with van der Waals surface area (Å²) in [5, 5.41) is 8.59. The predicted octanol–water partition coefficient (Wildman–Crippen LogP) is 2.33. The van der Waals surface area contributed by atoms with Crippen molar-refractivity contribution >= 4 is 17.7 Å². The molecule has 0 fully saturated rings. The molecular weight excluding hydrogens is 296 g/mol. The summed E-state index contributed by atoms with van der Waals surface area (Å²) < 4.78 is 50.2. The second kappa shape index (κ2) is 6.42. The summed E-state index contributed by atoms with van der Waals surface area (Å²) in [7, 11) is 1.13. The van der Waals surface area contributed by atoms with Gasteiger partial charge in [-0.3, -0.25) is 9.69 Å². The van der Waals surface area contributed by atoms with Crippen molar-refractivity contribution < 1.29 is 32.3 Å². The Morgan fingerprint density at radius 2 is 1.90 bits per heavy atom. The average Bonchev–Trinajstić information content (AvgIpc) is 2.34. The second-order valence-electron chi connectivity index (χ2n) is 4.19. The normalized spacial score (nSPS) is 11.1. The van der Waals surface area contributed by atoms with E-state index in [2.05, 4.69) is 0 Å². The van der Waals surface area contributed by atoms with Gasteiger partial charge in [0.05, 0.1) is 0 Å². The largest absolute Gasteiger partial charge is 0.480 e. The number of urea groups is 1. The molecular formula is C12H12F4N2O3. The van der Waals surface area contributed by atoms with Crippen molar-refractivity contribution in [3.8, 4) is 0 Å². The number of carbonyl (C=O) groups is 2. The van der Waals surface area contributed by atoms with Gasteiger partial charge in [-0.15, -0.1) is 0 Å². The maximum Gasteiger partial charge on any atom is 0.406 e. The lowest BCUT2D eigenvalue weighted by Gasteiger charge is -2.27. The van der Waals surface area contributed by atoms with Crippen LogP contribution >= 0.6 is 0 Å². The fourth-order valence-corrected chi connectivity index (χ4v) is 1.58. The Morgan fingerprint density at radius 1 is 1.29 bits per heavy atom. The molecule has 116 valence electrons. The number of carbonyl (C=O) groups excluding carboxylic acids is 1. The van der Waals surface area contributed by atoms with E-state index in [1.54, 1.807) is 0 Å². The molecule has 1 aromatic rings. The van der Waals surface area contributed by atoms with Gasteiger partial charge >= 0.3 is 18.2 Å². The average molecular weight is 308 g/mol. The monoisotopic (exact) mass is 308 g/mol. The molecule has 5 nitrogen and oxygen atoms in total. The lowest BCUT2D eigenvalue weighted by molar-refractivity contribution is -0.148. The van der Waals surface area contributed by atoms with Gasteiger partial charge in [-0.1, -0.05) is 6.07 Å². The van der Waals surface area contributed by atoms with Crippen LogP contribution in [0.25, 0.3) is 0 Å². The third-order valence-electron chi connectivity index (χ3n) is 2.45. The molecule has 0 saturated carbocycles. The van der Waals surface area contributed by atoms with E-state index in [1.807, 2.05) is 0 Å². The highest BCUT2D eigenvalue weighted by Crippen LogP contribution is 2.20. The summed E-state index contributed by atoms with van der Waals surface area (Å²) in [6, 6.07) is 3.45. The Hall–Kier alpha value is -2.32. The van der Waals surface area contributed by atoms with Gasteiger partial charge in [-0.25, -0.2) is 9.18 Å². The molecule has 21 heavy (non-hydrogen) atoms. The molecule has 0 aliphatic heterocycles. The van der Waals surface area contributed by atoms with Gasteiger partial charge in [0, 0.05) is 12.7 Å². The number of carboxylic acid groups (broad SMARTS) is 1. The number of halogens is 4. The van der Waals surface area contributed by atoms with E-state index in [-0.39, 0.29) is 10.6 Å². The molecule has 1 rings (SSSR count). The standard InChI is InChI=1S/C12H12F4N2O3/c1-17(9-4-2-3-8(13)5-9)11(21)18(6-10(19)20)7-12(14,15)16/h2-5H,6-7H2,1H3,(H,19,20). The quantitative estimate of drug-likeness (QED) is 0.868. The Bertz CT molecular complexity index is 533. The summed E-state index contributed by atoms with van der Waals surface area (Å²) in [6.07, 6.45) is -4.74. The number of benzene rings is 1. The molecule has 1 N–H and O–H groups in total. The van der Waals surface area contributed by atoms with Crippen LogP contribution in [-0.4, -0.2) is 48.3 Å². The Labute approximate surface area is 117 Å². The maximum atomic E-state index is 13.0. The first kappa shape index (κ1) is 16.7. The van der Waals surface area contributed by atoms with Gasteiger partial charge in [0.2, 0.25) is 0 Å². The zero-order chi connectivity index (χ0) is 16.2. The first-order chi connectivity index (χ1) is 9.60. The van der Waals surface area contributed by atoms with E-state index < -0.39 is 37.1 Å². The highest BCUT2D eigenvalue weighted by molar-refractivity contribution is 5.93. The van der Waals surface area contributed by atoms with Crippen LogP contribution < -0.4 is 4.90 Å². The number of rotatable bonds is 4. The number of nitrogens with zero attached hydrogens (tertiary/aromatic N) is 2. The van der Waals surface area contributed by atoms with Crippen molar-refractivity contribution in [2.45, 2.75) is 6.18 Å². The fraction of sp³-hybridized carbons (Fsp3) is 0.333. The van der Waals surface area contributed by atoms with Crippen LogP contribution in [-0.2, 0) is 4.79 Å². The summed E-state index contributed by atoms with van der Waals surface area (Å²) in [5.74, 6) is -2.26. The number of anilines is 1. The van der Waals surface area contributed by atoms with Crippen LogP contribution in [0.2, 0.25) is 0 Å². The highest BCUT2D eigenvalue weighted by atomic mass is 19.4. The molecule has 0 atom stereocenters. The number of aliphatic carboxylic acids is 1. The molecule has 0 radical (unpaired) electrons. The molecule has 0 aliphatic carbocycles. The van der Waals surface area contributed by atoms with E-state index in [1.165, 1.54) is 12.1 Å². The molecule has 0 aromatic heterocycles. The van der Waals surface area contributed by atoms with Crippen LogP contribution in [0.1, 0.15) is 0 Å². The lowest BCUT2D eigenvalue weighted by atomic mass is 10.3. The minimum atomic E-state index is -4.74. The molecule has 1 aromatic carbocycles. The van der Waals surface area contributed by atoms with Crippen molar-refractivity contribution in [2.75, 3.05) is 25.0 Å². The summed E-state index contributed by atoms with van der Waals surface area (Å²) in [5.41, 5.74) is 0.0116. The third kappa shape index (κ3) is 5.28. The minimum absolute atomic E-state index is 0.0116. The molecule has 0 heterocycles. The van der Waals surface area contributed by atoms with Gasteiger partial charge in [0.25, 0.3) is 0 Å². The van der Waals surface area contributed by atoms with E-state index in [9.17, 15) is 27.2 Å². The van der Waals surface area contributed by atoms with Crippen molar-refractivity contribution in [1.29, 1.82) is 0 Å².